The summed E-state index contributed by atoms with van der Waals surface area (Å²) in [6.45, 7) is 0. The van der Waals surface area contributed by atoms with E-state index in [1.165, 1.54) is 12.8 Å². The fourth-order valence-electron chi connectivity index (χ4n) is 2.88. The summed E-state index contributed by atoms with van der Waals surface area (Å²) in [5.41, 5.74) is 7.74. The van der Waals surface area contributed by atoms with E-state index in [2.05, 4.69) is 5.10 Å². The lowest BCUT2D eigenvalue weighted by Crippen LogP contribution is -2.18. The number of sulfone groups is 1. The second kappa shape index (κ2) is 3.73. The Labute approximate surface area is 101 Å². The highest BCUT2D eigenvalue weighted by molar-refractivity contribution is 7.90. The maximum Gasteiger partial charge on any atom is 0.156 e. The van der Waals surface area contributed by atoms with Crippen LogP contribution in [0.25, 0.3) is 0 Å². The third-order valence-corrected chi connectivity index (χ3v) is 5.36. The number of hydrogen-bond donors (Lipinski definition) is 1. The zero-order valence-corrected chi connectivity index (χ0v) is 10.5. The van der Waals surface area contributed by atoms with Crippen LogP contribution >= 0.6 is 0 Å². The van der Waals surface area contributed by atoms with Crippen LogP contribution in [0.5, 0.6) is 0 Å². The number of nitrogens with two attached hydrogens (primary N) is 1. The molecule has 3 rings (SSSR count). The van der Waals surface area contributed by atoms with E-state index in [1.807, 2.05) is 4.68 Å². The van der Waals surface area contributed by atoms with Crippen LogP contribution in [0.2, 0.25) is 0 Å². The molecule has 2 aliphatic rings. The third-order valence-electron chi connectivity index (χ3n) is 3.82. The number of rotatable bonds is 1. The lowest BCUT2D eigenvalue weighted by atomic mass is 10.2. The SMILES string of the molecule is Nc1c2c(nn1C1CCCC1)CS(=O)(=O)CC2. The van der Waals surface area contributed by atoms with Crippen molar-refractivity contribution in [3.63, 3.8) is 0 Å². The smallest absolute Gasteiger partial charge is 0.156 e. The maximum absolute atomic E-state index is 11.6. The highest BCUT2D eigenvalue weighted by Gasteiger charge is 2.29. The summed E-state index contributed by atoms with van der Waals surface area (Å²) < 4.78 is 25.0. The van der Waals surface area contributed by atoms with Gasteiger partial charge < -0.3 is 5.73 Å². The molecule has 0 radical (unpaired) electrons. The number of nitrogen functional groups attached to an aromatic ring is 1. The van der Waals surface area contributed by atoms with Crippen LogP contribution in [0.3, 0.4) is 0 Å². The summed E-state index contributed by atoms with van der Waals surface area (Å²) in [5, 5.41) is 4.44. The Bertz CT molecular complexity index is 541. The molecule has 1 saturated carbocycles. The van der Waals surface area contributed by atoms with E-state index in [1.54, 1.807) is 0 Å². The van der Waals surface area contributed by atoms with Gasteiger partial charge in [0.1, 0.15) is 5.82 Å². The van der Waals surface area contributed by atoms with Crippen LogP contribution in [0.4, 0.5) is 5.82 Å². The number of aromatic nitrogens is 2. The normalized spacial score (nSPS) is 23.8. The Kier molecular flexibility index (Phi) is 2.43. The van der Waals surface area contributed by atoms with Gasteiger partial charge in [-0.15, -0.1) is 0 Å². The predicted octanol–water partition coefficient (Wildman–Crippen LogP) is 1.05. The Balaban J connectivity index is 2.00. The minimum Gasteiger partial charge on any atom is -0.384 e. The average molecular weight is 255 g/mol. The van der Waals surface area contributed by atoms with Crippen molar-refractivity contribution in [3.8, 4) is 0 Å². The second-order valence-corrected chi connectivity index (χ2v) is 7.22. The first-order valence-corrected chi connectivity index (χ1v) is 7.95. The van der Waals surface area contributed by atoms with Gasteiger partial charge in [-0.2, -0.15) is 5.10 Å². The first-order chi connectivity index (χ1) is 8.07. The molecule has 0 aromatic carbocycles. The largest absolute Gasteiger partial charge is 0.384 e. The van der Waals surface area contributed by atoms with E-state index in [4.69, 9.17) is 5.73 Å². The lowest BCUT2D eigenvalue weighted by molar-refractivity contribution is 0.470. The van der Waals surface area contributed by atoms with Gasteiger partial charge in [0, 0.05) is 5.56 Å². The minimum atomic E-state index is -2.95. The molecule has 0 saturated heterocycles. The molecule has 0 unspecified atom stereocenters. The number of hydrogen-bond acceptors (Lipinski definition) is 4. The van der Waals surface area contributed by atoms with E-state index in [-0.39, 0.29) is 11.5 Å². The van der Waals surface area contributed by atoms with Crippen LogP contribution < -0.4 is 5.73 Å². The van der Waals surface area contributed by atoms with Crippen molar-refractivity contribution in [1.82, 2.24) is 9.78 Å². The van der Waals surface area contributed by atoms with Crippen LogP contribution in [0.1, 0.15) is 43.0 Å². The van der Waals surface area contributed by atoms with Crippen LogP contribution in [-0.4, -0.2) is 24.0 Å². The van der Waals surface area contributed by atoms with Crippen LogP contribution in [0.15, 0.2) is 0 Å². The van der Waals surface area contributed by atoms with E-state index < -0.39 is 9.84 Å². The van der Waals surface area contributed by atoms with Gasteiger partial charge in [0.05, 0.1) is 23.2 Å². The van der Waals surface area contributed by atoms with Crippen molar-refractivity contribution in [3.05, 3.63) is 11.3 Å². The van der Waals surface area contributed by atoms with E-state index in [9.17, 15) is 8.42 Å². The van der Waals surface area contributed by atoms with Gasteiger partial charge in [0.15, 0.2) is 9.84 Å². The van der Waals surface area contributed by atoms with Gasteiger partial charge in [0.2, 0.25) is 0 Å². The molecule has 6 heteroatoms. The summed E-state index contributed by atoms with van der Waals surface area (Å²) in [6.07, 6.45) is 5.17. The van der Waals surface area contributed by atoms with Crippen molar-refractivity contribution < 1.29 is 8.42 Å². The molecule has 1 aliphatic carbocycles. The molecule has 17 heavy (non-hydrogen) atoms. The Morgan fingerprint density at radius 3 is 2.71 bits per heavy atom. The molecule has 0 bridgehead atoms. The van der Waals surface area contributed by atoms with E-state index in [0.717, 1.165) is 18.4 Å². The summed E-state index contributed by atoms with van der Waals surface area (Å²) in [7, 11) is -2.95. The number of nitrogens with zero attached hydrogens (tertiary/aromatic N) is 2. The summed E-state index contributed by atoms with van der Waals surface area (Å²) in [6, 6.07) is 0.378. The topological polar surface area (TPSA) is 78.0 Å². The second-order valence-electron chi connectivity index (χ2n) is 5.04. The highest BCUT2D eigenvalue weighted by atomic mass is 32.2. The summed E-state index contributed by atoms with van der Waals surface area (Å²) in [5.74, 6) is 0.967. The maximum atomic E-state index is 11.6. The molecule has 5 nitrogen and oxygen atoms in total. The van der Waals surface area contributed by atoms with Gasteiger partial charge in [0.25, 0.3) is 0 Å². The quantitative estimate of drug-likeness (QED) is 0.813. The first kappa shape index (κ1) is 11.1. The fraction of sp³-hybridized carbons (Fsp3) is 0.727. The Morgan fingerprint density at radius 2 is 2.00 bits per heavy atom. The first-order valence-electron chi connectivity index (χ1n) is 6.13. The van der Waals surface area contributed by atoms with Crippen molar-refractivity contribution in [2.45, 2.75) is 43.9 Å². The fourth-order valence-corrected chi connectivity index (χ4v) is 4.19. The van der Waals surface area contributed by atoms with Gasteiger partial charge in [-0.3, -0.25) is 0 Å². The van der Waals surface area contributed by atoms with Gasteiger partial charge in [-0.1, -0.05) is 12.8 Å². The van der Waals surface area contributed by atoms with Crippen molar-refractivity contribution in [2.75, 3.05) is 11.5 Å². The molecule has 1 fully saturated rings. The highest BCUT2D eigenvalue weighted by Crippen LogP contribution is 2.34. The zero-order chi connectivity index (χ0) is 12.0. The molecule has 2 N–H and O–H groups in total. The van der Waals surface area contributed by atoms with Crippen molar-refractivity contribution in [2.24, 2.45) is 0 Å². The minimum absolute atomic E-state index is 0.0618. The van der Waals surface area contributed by atoms with E-state index in [0.29, 0.717) is 24.0 Å². The molecular weight excluding hydrogens is 238 g/mol. The summed E-state index contributed by atoms with van der Waals surface area (Å²) in [4.78, 5) is 0. The van der Waals surface area contributed by atoms with E-state index >= 15 is 0 Å². The third kappa shape index (κ3) is 1.84. The van der Waals surface area contributed by atoms with Crippen LogP contribution in [-0.2, 0) is 22.0 Å². The molecule has 0 spiro atoms. The summed E-state index contributed by atoms with van der Waals surface area (Å²) >= 11 is 0. The molecule has 2 heterocycles. The predicted molar refractivity (Wildman–Crippen MR) is 65.3 cm³/mol. The standard InChI is InChI=1S/C11H17N3O2S/c12-11-9-5-6-17(15,16)7-10(9)13-14(11)8-3-1-2-4-8/h8H,1-7,12H2. The molecule has 94 valence electrons. The monoisotopic (exact) mass is 255 g/mol. The average Bonchev–Trinajstić information content (AvgIpc) is 2.85. The van der Waals surface area contributed by atoms with Gasteiger partial charge in [-0.05, 0) is 19.3 Å². The molecule has 1 aromatic rings. The van der Waals surface area contributed by atoms with Crippen molar-refractivity contribution in [1.29, 1.82) is 0 Å². The number of fused-ring (bicyclic) bond motifs is 1. The molecule has 1 aromatic heterocycles. The lowest BCUT2D eigenvalue weighted by Gasteiger charge is -2.12. The van der Waals surface area contributed by atoms with Crippen molar-refractivity contribution >= 4 is 15.7 Å². The van der Waals surface area contributed by atoms with Crippen LogP contribution in [0, 0.1) is 0 Å². The van der Waals surface area contributed by atoms with Gasteiger partial charge >= 0.3 is 0 Å². The molecular formula is C11H17N3O2S. The Hall–Kier alpha value is -1.04. The Morgan fingerprint density at radius 1 is 1.29 bits per heavy atom. The molecule has 0 amide bonds. The molecule has 0 atom stereocenters. The number of anilines is 1. The molecule has 1 aliphatic heterocycles. The zero-order valence-electron chi connectivity index (χ0n) is 9.72. The van der Waals surface area contributed by atoms with Gasteiger partial charge in [-0.25, -0.2) is 13.1 Å².